The molecule has 1 aromatic heterocycles. The Bertz CT molecular complexity index is 781. The molecule has 0 unspecified atom stereocenters. The van der Waals surface area contributed by atoms with Crippen LogP contribution in [-0.4, -0.2) is 15.8 Å². The lowest BCUT2D eigenvalue weighted by Gasteiger charge is -2.11. The summed E-state index contributed by atoms with van der Waals surface area (Å²) in [5.74, 6) is -1.12. The highest BCUT2D eigenvalue weighted by molar-refractivity contribution is 6.00. The van der Waals surface area contributed by atoms with E-state index in [1.54, 1.807) is 6.92 Å². The van der Waals surface area contributed by atoms with Gasteiger partial charge < -0.3 is 4.74 Å². The zero-order valence-electron chi connectivity index (χ0n) is 11.8. The number of hydrogen-bond donors (Lipinski definition) is 0. The van der Waals surface area contributed by atoms with Crippen molar-refractivity contribution in [2.45, 2.75) is 13.3 Å². The number of Topliss-reactive ketones (excluding diaryl/α,β-unsaturated/α-hetero) is 1. The van der Waals surface area contributed by atoms with Crippen LogP contribution < -0.4 is 4.74 Å². The van der Waals surface area contributed by atoms with E-state index in [0.717, 1.165) is 6.07 Å². The van der Waals surface area contributed by atoms with Gasteiger partial charge in [-0.3, -0.25) is 4.79 Å². The maximum atomic E-state index is 13.9. The molecule has 0 aliphatic rings. The zero-order chi connectivity index (χ0) is 16.1. The van der Waals surface area contributed by atoms with E-state index < -0.39 is 5.82 Å². The first-order chi connectivity index (χ1) is 10.6. The molecule has 22 heavy (non-hydrogen) atoms. The largest absolute Gasteiger partial charge is 0.435 e. The fourth-order valence-corrected chi connectivity index (χ4v) is 1.81. The minimum absolute atomic E-state index is 0.0413. The van der Waals surface area contributed by atoms with Gasteiger partial charge in [0.2, 0.25) is 5.88 Å². The number of ether oxygens (including phenoxy) is 1. The molecule has 0 amide bonds. The number of ketones is 1. The van der Waals surface area contributed by atoms with Crippen molar-refractivity contribution >= 4 is 11.9 Å². The standard InChI is InChI=1S/C16H12FN3O2/c1-3-12-15(13(21)4-2)16(20-9-19-12)22-14-6-5-10(8-18)7-11(14)17/h3,5-7,9H,1,4H2,2H3. The molecule has 0 aliphatic carbocycles. The van der Waals surface area contributed by atoms with Crippen LogP contribution in [0.3, 0.4) is 0 Å². The van der Waals surface area contributed by atoms with Crippen molar-refractivity contribution in [3.8, 4) is 17.7 Å². The van der Waals surface area contributed by atoms with Crippen molar-refractivity contribution in [3.63, 3.8) is 0 Å². The summed E-state index contributed by atoms with van der Waals surface area (Å²) in [4.78, 5) is 19.9. The van der Waals surface area contributed by atoms with Crippen LogP contribution in [0.15, 0.2) is 31.1 Å². The molecule has 0 saturated heterocycles. The second-order valence-electron chi connectivity index (χ2n) is 4.28. The van der Waals surface area contributed by atoms with Crippen LogP contribution >= 0.6 is 0 Å². The molecule has 0 radical (unpaired) electrons. The van der Waals surface area contributed by atoms with Gasteiger partial charge in [-0.25, -0.2) is 14.4 Å². The molecule has 6 heteroatoms. The van der Waals surface area contributed by atoms with Gasteiger partial charge in [0, 0.05) is 6.42 Å². The molecule has 0 N–H and O–H groups in total. The van der Waals surface area contributed by atoms with E-state index in [1.807, 2.05) is 6.07 Å². The van der Waals surface area contributed by atoms with Crippen molar-refractivity contribution in [2.24, 2.45) is 0 Å². The Morgan fingerprint density at radius 2 is 2.27 bits per heavy atom. The molecule has 2 rings (SSSR count). The van der Waals surface area contributed by atoms with Crippen molar-refractivity contribution in [2.75, 3.05) is 0 Å². The summed E-state index contributed by atoms with van der Waals surface area (Å²) in [7, 11) is 0. The lowest BCUT2D eigenvalue weighted by atomic mass is 10.1. The summed E-state index contributed by atoms with van der Waals surface area (Å²) < 4.78 is 19.3. The molecule has 0 saturated carbocycles. The molecular formula is C16H12FN3O2. The average molecular weight is 297 g/mol. The van der Waals surface area contributed by atoms with E-state index in [0.29, 0.717) is 5.69 Å². The molecule has 0 atom stereocenters. The summed E-state index contributed by atoms with van der Waals surface area (Å²) in [6.45, 7) is 5.28. The van der Waals surface area contributed by atoms with Gasteiger partial charge >= 0.3 is 0 Å². The van der Waals surface area contributed by atoms with E-state index in [1.165, 1.54) is 24.5 Å². The van der Waals surface area contributed by atoms with Gasteiger partial charge in [0.25, 0.3) is 0 Å². The van der Waals surface area contributed by atoms with Crippen LogP contribution in [0, 0.1) is 17.1 Å². The first-order valence-corrected chi connectivity index (χ1v) is 6.48. The number of nitrogens with zero attached hydrogens (tertiary/aromatic N) is 3. The zero-order valence-corrected chi connectivity index (χ0v) is 11.8. The highest BCUT2D eigenvalue weighted by atomic mass is 19.1. The van der Waals surface area contributed by atoms with Gasteiger partial charge in [0.05, 0.1) is 17.3 Å². The third-order valence-electron chi connectivity index (χ3n) is 2.90. The van der Waals surface area contributed by atoms with Gasteiger partial charge in [-0.05, 0) is 24.3 Å². The van der Waals surface area contributed by atoms with Crippen LogP contribution in [0.25, 0.3) is 6.08 Å². The van der Waals surface area contributed by atoms with Crippen LogP contribution in [0.5, 0.6) is 11.6 Å². The molecule has 0 aliphatic heterocycles. The number of aromatic nitrogens is 2. The topological polar surface area (TPSA) is 75.9 Å². The lowest BCUT2D eigenvalue weighted by molar-refractivity contribution is 0.0984. The summed E-state index contributed by atoms with van der Waals surface area (Å²) in [6, 6.07) is 5.60. The fraction of sp³-hybridized carbons (Fsp3) is 0.125. The normalized spacial score (nSPS) is 9.86. The molecule has 110 valence electrons. The SMILES string of the molecule is C=Cc1ncnc(Oc2ccc(C#N)cc2F)c1C(=O)CC. The minimum atomic E-state index is -0.715. The van der Waals surface area contributed by atoms with E-state index in [2.05, 4.69) is 16.5 Å². The smallest absolute Gasteiger partial charge is 0.233 e. The monoisotopic (exact) mass is 297 g/mol. The Hall–Kier alpha value is -3.07. The third kappa shape index (κ3) is 2.99. The van der Waals surface area contributed by atoms with Gasteiger partial charge in [-0.2, -0.15) is 5.26 Å². The molecule has 0 spiro atoms. The maximum Gasteiger partial charge on any atom is 0.233 e. The molecule has 1 aromatic carbocycles. The van der Waals surface area contributed by atoms with E-state index in [4.69, 9.17) is 10.00 Å². The van der Waals surface area contributed by atoms with Gasteiger partial charge in [-0.1, -0.05) is 13.5 Å². The number of halogens is 1. The summed E-state index contributed by atoms with van der Waals surface area (Å²) in [6.07, 6.45) is 2.84. The Morgan fingerprint density at radius 1 is 1.50 bits per heavy atom. The van der Waals surface area contributed by atoms with Crippen molar-refractivity contribution in [3.05, 3.63) is 53.7 Å². The summed E-state index contributed by atoms with van der Waals surface area (Å²) >= 11 is 0. The van der Waals surface area contributed by atoms with E-state index in [9.17, 15) is 9.18 Å². The second kappa shape index (κ2) is 6.59. The Labute approximate surface area is 126 Å². The lowest BCUT2D eigenvalue weighted by Crippen LogP contribution is -2.07. The van der Waals surface area contributed by atoms with Crippen LogP contribution in [0.2, 0.25) is 0 Å². The Kier molecular flexibility index (Phi) is 4.59. The van der Waals surface area contributed by atoms with E-state index in [-0.39, 0.29) is 35.0 Å². The van der Waals surface area contributed by atoms with Crippen LogP contribution in [-0.2, 0) is 0 Å². The fourth-order valence-electron chi connectivity index (χ4n) is 1.81. The third-order valence-corrected chi connectivity index (χ3v) is 2.90. The second-order valence-corrected chi connectivity index (χ2v) is 4.28. The first kappa shape index (κ1) is 15.3. The van der Waals surface area contributed by atoms with Crippen molar-refractivity contribution < 1.29 is 13.9 Å². The number of carbonyl (C=O) groups excluding carboxylic acids is 1. The van der Waals surface area contributed by atoms with Gasteiger partial charge in [0.1, 0.15) is 11.9 Å². The van der Waals surface area contributed by atoms with Crippen molar-refractivity contribution in [1.29, 1.82) is 5.26 Å². The Balaban J connectivity index is 2.48. The minimum Gasteiger partial charge on any atom is -0.435 e. The first-order valence-electron chi connectivity index (χ1n) is 6.48. The number of rotatable bonds is 5. The highest BCUT2D eigenvalue weighted by Crippen LogP contribution is 2.28. The molecule has 5 nitrogen and oxygen atoms in total. The Morgan fingerprint density at radius 3 is 2.86 bits per heavy atom. The number of benzene rings is 1. The van der Waals surface area contributed by atoms with Crippen LogP contribution in [0.4, 0.5) is 4.39 Å². The average Bonchev–Trinajstić information content (AvgIpc) is 2.55. The molecule has 0 bridgehead atoms. The molecule has 2 aromatic rings. The summed E-state index contributed by atoms with van der Waals surface area (Å²) in [5, 5.41) is 8.73. The van der Waals surface area contributed by atoms with Gasteiger partial charge in [-0.15, -0.1) is 0 Å². The van der Waals surface area contributed by atoms with E-state index >= 15 is 0 Å². The predicted octanol–water partition coefficient (Wildman–Crippen LogP) is 3.52. The van der Waals surface area contributed by atoms with Crippen LogP contribution in [0.1, 0.15) is 35.0 Å². The highest BCUT2D eigenvalue weighted by Gasteiger charge is 2.19. The quantitative estimate of drug-likeness (QED) is 0.789. The summed E-state index contributed by atoms with van der Waals surface area (Å²) in [5.41, 5.74) is 0.652. The maximum absolute atomic E-state index is 13.9. The molecule has 0 fully saturated rings. The number of hydrogen-bond acceptors (Lipinski definition) is 5. The number of nitriles is 1. The predicted molar refractivity (Wildman–Crippen MR) is 77.9 cm³/mol. The van der Waals surface area contributed by atoms with Crippen molar-refractivity contribution in [1.82, 2.24) is 9.97 Å². The molecule has 1 heterocycles. The molecular weight excluding hydrogens is 285 g/mol. The van der Waals surface area contributed by atoms with Gasteiger partial charge in [0.15, 0.2) is 17.3 Å². The number of carbonyl (C=O) groups is 1.